The van der Waals surface area contributed by atoms with Crippen LogP contribution in [0, 0.1) is 0 Å². The predicted molar refractivity (Wildman–Crippen MR) is 87.9 cm³/mol. The topological polar surface area (TPSA) is 37.4 Å². The zero-order valence-electron chi connectivity index (χ0n) is 13.4. The third kappa shape index (κ3) is 5.77. The smallest absolute Gasteiger partial charge is 0.185 e. The molecular weight excluding hydrogens is 270 g/mol. The highest BCUT2D eigenvalue weighted by molar-refractivity contribution is 7.15. The van der Waals surface area contributed by atoms with Crippen LogP contribution >= 0.6 is 11.3 Å². The lowest BCUT2D eigenvalue weighted by atomic mass is 10.2. The standard InChI is InChI=1S/C15H29N3OS/c1-5-8-13-14(12-16-9-6-2)20-15(17-13)18(3)10-7-11-19-4/h16H,5-12H2,1-4H3. The molecule has 1 aromatic heterocycles. The Hall–Kier alpha value is -0.650. The molecule has 0 aromatic carbocycles. The van der Waals surface area contributed by atoms with Gasteiger partial charge in [-0.2, -0.15) is 0 Å². The molecule has 0 aliphatic rings. The fourth-order valence-electron chi connectivity index (χ4n) is 2.02. The summed E-state index contributed by atoms with van der Waals surface area (Å²) in [5, 5.41) is 4.62. The van der Waals surface area contributed by atoms with Gasteiger partial charge < -0.3 is 15.0 Å². The van der Waals surface area contributed by atoms with Crippen molar-refractivity contribution in [2.75, 3.05) is 38.8 Å². The number of nitrogens with zero attached hydrogens (tertiary/aromatic N) is 2. The first kappa shape index (κ1) is 17.4. The van der Waals surface area contributed by atoms with Gasteiger partial charge in [-0.3, -0.25) is 0 Å². The van der Waals surface area contributed by atoms with E-state index in [0.717, 1.165) is 50.6 Å². The van der Waals surface area contributed by atoms with Gasteiger partial charge in [-0.05, 0) is 25.8 Å². The van der Waals surface area contributed by atoms with E-state index in [1.54, 1.807) is 7.11 Å². The average molecular weight is 299 g/mol. The molecule has 0 saturated heterocycles. The van der Waals surface area contributed by atoms with Crippen LogP contribution in [-0.2, 0) is 17.7 Å². The van der Waals surface area contributed by atoms with Crippen molar-refractivity contribution in [3.05, 3.63) is 10.6 Å². The number of thiazole rings is 1. The number of hydrogen-bond acceptors (Lipinski definition) is 5. The number of rotatable bonds is 11. The minimum Gasteiger partial charge on any atom is -0.385 e. The first-order chi connectivity index (χ1) is 9.72. The molecule has 116 valence electrons. The van der Waals surface area contributed by atoms with E-state index in [4.69, 9.17) is 9.72 Å². The van der Waals surface area contributed by atoms with Gasteiger partial charge in [0, 0.05) is 38.7 Å². The number of aromatic nitrogens is 1. The van der Waals surface area contributed by atoms with Crippen molar-refractivity contribution in [3.8, 4) is 0 Å². The summed E-state index contributed by atoms with van der Waals surface area (Å²) >= 11 is 1.83. The summed E-state index contributed by atoms with van der Waals surface area (Å²) in [5.41, 5.74) is 1.27. The molecule has 0 radical (unpaired) electrons. The van der Waals surface area contributed by atoms with Crippen molar-refractivity contribution in [3.63, 3.8) is 0 Å². The SMILES string of the molecule is CCCNCc1sc(N(C)CCCOC)nc1CCC. The Bertz CT molecular complexity index is 368. The Morgan fingerprint density at radius 2 is 2.10 bits per heavy atom. The van der Waals surface area contributed by atoms with Gasteiger partial charge in [-0.1, -0.05) is 20.3 Å². The monoisotopic (exact) mass is 299 g/mol. The number of anilines is 1. The zero-order chi connectivity index (χ0) is 14.8. The number of nitrogens with one attached hydrogen (secondary N) is 1. The molecule has 1 rings (SSSR count). The molecule has 1 heterocycles. The summed E-state index contributed by atoms with van der Waals surface area (Å²) in [6.45, 7) is 8.23. The van der Waals surface area contributed by atoms with Crippen molar-refractivity contribution < 1.29 is 4.74 Å². The van der Waals surface area contributed by atoms with Gasteiger partial charge in [0.1, 0.15) is 0 Å². The molecule has 0 unspecified atom stereocenters. The van der Waals surface area contributed by atoms with E-state index in [1.165, 1.54) is 17.0 Å². The van der Waals surface area contributed by atoms with Crippen LogP contribution in [0.1, 0.15) is 43.7 Å². The number of hydrogen-bond donors (Lipinski definition) is 1. The third-order valence-electron chi connectivity index (χ3n) is 3.13. The van der Waals surface area contributed by atoms with Gasteiger partial charge in [0.25, 0.3) is 0 Å². The van der Waals surface area contributed by atoms with Crippen molar-refractivity contribution >= 4 is 16.5 Å². The maximum atomic E-state index is 5.11. The zero-order valence-corrected chi connectivity index (χ0v) is 14.2. The predicted octanol–water partition coefficient (Wildman–Crippen LogP) is 3.07. The van der Waals surface area contributed by atoms with Gasteiger partial charge in [-0.15, -0.1) is 11.3 Å². The van der Waals surface area contributed by atoms with Gasteiger partial charge in [-0.25, -0.2) is 4.98 Å². The fourth-order valence-corrected chi connectivity index (χ4v) is 3.09. The maximum Gasteiger partial charge on any atom is 0.185 e. The van der Waals surface area contributed by atoms with E-state index in [2.05, 4.69) is 31.1 Å². The molecule has 0 aliphatic carbocycles. The van der Waals surface area contributed by atoms with Crippen LogP contribution in [-0.4, -0.2) is 38.8 Å². The van der Waals surface area contributed by atoms with Crippen LogP contribution < -0.4 is 10.2 Å². The summed E-state index contributed by atoms with van der Waals surface area (Å²) in [7, 11) is 3.87. The molecule has 4 nitrogen and oxygen atoms in total. The molecule has 0 saturated carbocycles. The molecule has 0 amide bonds. The number of methoxy groups -OCH3 is 1. The van der Waals surface area contributed by atoms with Crippen LogP contribution in [0.3, 0.4) is 0 Å². The molecule has 0 spiro atoms. The van der Waals surface area contributed by atoms with Crippen LogP contribution in [0.4, 0.5) is 5.13 Å². The van der Waals surface area contributed by atoms with E-state index in [-0.39, 0.29) is 0 Å². The number of ether oxygens (including phenoxy) is 1. The highest BCUT2D eigenvalue weighted by atomic mass is 32.1. The molecule has 1 N–H and O–H groups in total. The van der Waals surface area contributed by atoms with Crippen LogP contribution in [0.15, 0.2) is 0 Å². The van der Waals surface area contributed by atoms with Crippen molar-refractivity contribution in [1.82, 2.24) is 10.3 Å². The van der Waals surface area contributed by atoms with Crippen LogP contribution in [0.5, 0.6) is 0 Å². The molecule has 5 heteroatoms. The summed E-state index contributed by atoms with van der Waals surface area (Å²) in [6.07, 6.45) is 4.44. The van der Waals surface area contributed by atoms with Crippen molar-refractivity contribution in [1.29, 1.82) is 0 Å². The minimum absolute atomic E-state index is 0.808. The second-order valence-electron chi connectivity index (χ2n) is 5.06. The Morgan fingerprint density at radius 1 is 1.30 bits per heavy atom. The molecule has 0 bridgehead atoms. The van der Waals surface area contributed by atoms with Crippen LogP contribution in [0.25, 0.3) is 0 Å². The highest BCUT2D eigenvalue weighted by Gasteiger charge is 2.13. The maximum absolute atomic E-state index is 5.11. The average Bonchev–Trinajstić information content (AvgIpc) is 2.83. The van der Waals surface area contributed by atoms with Gasteiger partial charge in [0.05, 0.1) is 5.69 Å². The van der Waals surface area contributed by atoms with Crippen LogP contribution in [0.2, 0.25) is 0 Å². The first-order valence-electron chi connectivity index (χ1n) is 7.62. The lowest BCUT2D eigenvalue weighted by molar-refractivity contribution is 0.196. The van der Waals surface area contributed by atoms with E-state index in [1.807, 2.05) is 11.3 Å². The Labute approximate surface area is 127 Å². The summed E-state index contributed by atoms with van der Waals surface area (Å²) in [4.78, 5) is 8.46. The van der Waals surface area contributed by atoms with Gasteiger partial charge in [0.15, 0.2) is 5.13 Å². The highest BCUT2D eigenvalue weighted by Crippen LogP contribution is 2.26. The second-order valence-corrected chi connectivity index (χ2v) is 6.12. The molecule has 0 fully saturated rings. The summed E-state index contributed by atoms with van der Waals surface area (Å²) in [5.74, 6) is 0. The molecule has 1 aromatic rings. The van der Waals surface area contributed by atoms with Gasteiger partial charge in [0.2, 0.25) is 0 Å². The lowest BCUT2D eigenvalue weighted by Crippen LogP contribution is -2.19. The summed E-state index contributed by atoms with van der Waals surface area (Å²) in [6, 6.07) is 0. The van der Waals surface area contributed by atoms with E-state index >= 15 is 0 Å². The van der Waals surface area contributed by atoms with Gasteiger partial charge >= 0.3 is 0 Å². The Balaban J connectivity index is 2.63. The van der Waals surface area contributed by atoms with E-state index < -0.39 is 0 Å². The quantitative estimate of drug-likeness (QED) is 0.637. The van der Waals surface area contributed by atoms with Crippen molar-refractivity contribution in [2.24, 2.45) is 0 Å². The molecule has 0 atom stereocenters. The molecule has 0 aliphatic heterocycles. The normalized spacial score (nSPS) is 11.0. The van der Waals surface area contributed by atoms with Crippen molar-refractivity contribution in [2.45, 2.75) is 46.1 Å². The number of aryl methyl sites for hydroxylation is 1. The Morgan fingerprint density at radius 3 is 2.75 bits per heavy atom. The largest absolute Gasteiger partial charge is 0.385 e. The first-order valence-corrected chi connectivity index (χ1v) is 8.43. The van der Waals surface area contributed by atoms with E-state index in [9.17, 15) is 0 Å². The molecule has 20 heavy (non-hydrogen) atoms. The molecular formula is C15H29N3OS. The minimum atomic E-state index is 0.808. The van der Waals surface area contributed by atoms with E-state index in [0.29, 0.717) is 0 Å². The summed E-state index contributed by atoms with van der Waals surface area (Å²) < 4.78 is 5.11. The third-order valence-corrected chi connectivity index (χ3v) is 4.35. The lowest BCUT2D eigenvalue weighted by Gasteiger charge is -2.14. The fraction of sp³-hybridized carbons (Fsp3) is 0.800. The second kappa shape index (κ2) is 10.1. The Kier molecular flexibility index (Phi) is 8.82.